The molecule has 1 aliphatic rings. The van der Waals surface area contributed by atoms with Crippen LogP contribution >= 0.6 is 0 Å². The summed E-state index contributed by atoms with van der Waals surface area (Å²) in [6, 6.07) is 0. The van der Waals surface area contributed by atoms with Crippen molar-refractivity contribution < 1.29 is 9.31 Å². The van der Waals surface area contributed by atoms with Crippen molar-refractivity contribution in [1.29, 1.82) is 0 Å². The lowest BCUT2D eigenvalue weighted by Gasteiger charge is -1.92. The lowest BCUT2D eigenvalue weighted by molar-refractivity contribution is -0.508. The van der Waals surface area contributed by atoms with Gasteiger partial charge in [-0.2, -0.15) is 4.58 Å². The second-order valence-electron chi connectivity index (χ2n) is 3.09. The average Bonchev–Trinajstić information content (AvgIpc) is 2.31. The Kier molecular flexibility index (Phi) is 2.69. The van der Waals surface area contributed by atoms with E-state index >= 15 is 0 Å². The van der Waals surface area contributed by atoms with Crippen LogP contribution in [0.15, 0.2) is 11.6 Å². The molecule has 0 N–H and O–H groups in total. The SMILES string of the molecule is CC(C)=CC[N+]1=C(C)OCC1. The maximum atomic E-state index is 5.31. The first-order valence-corrected chi connectivity index (χ1v) is 4.05. The van der Waals surface area contributed by atoms with Gasteiger partial charge in [-0.3, -0.25) is 0 Å². The van der Waals surface area contributed by atoms with Gasteiger partial charge in [0.1, 0.15) is 0 Å². The van der Waals surface area contributed by atoms with Crippen LogP contribution in [-0.4, -0.2) is 30.2 Å². The highest BCUT2D eigenvalue weighted by atomic mass is 16.5. The number of hydrogen-bond acceptors (Lipinski definition) is 1. The van der Waals surface area contributed by atoms with Gasteiger partial charge >= 0.3 is 5.90 Å². The number of ether oxygens (including phenoxy) is 1. The molecule has 0 fully saturated rings. The maximum absolute atomic E-state index is 5.31. The molecular formula is C9H16NO+. The molecule has 0 spiro atoms. The van der Waals surface area contributed by atoms with Gasteiger partial charge < -0.3 is 4.74 Å². The summed E-state index contributed by atoms with van der Waals surface area (Å²) in [6.45, 7) is 9.14. The minimum absolute atomic E-state index is 0.850. The molecule has 62 valence electrons. The molecule has 0 bridgehead atoms. The topological polar surface area (TPSA) is 12.2 Å². The summed E-state index contributed by atoms with van der Waals surface area (Å²) in [7, 11) is 0. The van der Waals surface area contributed by atoms with E-state index in [0.717, 1.165) is 25.6 Å². The Morgan fingerprint density at radius 2 is 2.36 bits per heavy atom. The first-order chi connectivity index (χ1) is 5.20. The molecule has 2 nitrogen and oxygen atoms in total. The highest BCUT2D eigenvalue weighted by molar-refractivity contribution is 5.68. The minimum Gasteiger partial charge on any atom is -0.442 e. The Morgan fingerprint density at radius 1 is 1.64 bits per heavy atom. The third-order valence-corrected chi connectivity index (χ3v) is 1.84. The van der Waals surface area contributed by atoms with Crippen LogP contribution in [0.5, 0.6) is 0 Å². The number of rotatable bonds is 2. The summed E-state index contributed by atoms with van der Waals surface area (Å²) in [4.78, 5) is 0. The second-order valence-corrected chi connectivity index (χ2v) is 3.09. The molecule has 0 unspecified atom stereocenters. The predicted molar refractivity (Wildman–Crippen MR) is 46.1 cm³/mol. The van der Waals surface area contributed by atoms with Crippen LogP contribution in [0.1, 0.15) is 20.8 Å². The third-order valence-electron chi connectivity index (χ3n) is 1.84. The highest BCUT2D eigenvalue weighted by Gasteiger charge is 2.17. The van der Waals surface area contributed by atoms with Gasteiger partial charge in [0.2, 0.25) is 0 Å². The Hall–Kier alpha value is -0.790. The zero-order valence-corrected chi connectivity index (χ0v) is 7.55. The van der Waals surface area contributed by atoms with Crippen molar-refractivity contribution in [3.63, 3.8) is 0 Å². The monoisotopic (exact) mass is 154 g/mol. The van der Waals surface area contributed by atoms with Crippen LogP contribution < -0.4 is 0 Å². The molecule has 0 aromatic carbocycles. The van der Waals surface area contributed by atoms with E-state index < -0.39 is 0 Å². The Morgan fingerprint density at radius 3 is 2.82 bits per heavy atom. The molecule has 11 heavy (non-hydrogen) atoms. The fourth-order valence-electron chi connectivity index (χ4n) is 1.06. The maximum Gasteiger partial charge on any atom is 0.333 e. The van der Waals surface area contributed by atoms with E-state index in [9.17, 15) is 0 Å². The Labute approximate surface area is 68.2 Å². The van der Waals surface area contributed by atoms with E-state index in [0.29, 0.717) is 0 Å². The van der Waals surface area contributed by atoms with Gasteiger partial charge in [0, 0.05) is 0 Å². The molecule has 0 amide bonds. The normalized spacial score (nSPS) is 16.6. The lowest BCUT2D eigenvalue weighted by Crippen LogP contribution is -2.13. The smallest absolute Gasteiger partial charge is 0.333 e. The Balaban J connectivity index is 2.49. The molecule has 0 aromatic heterocycles. The quantitative estimate of drug-likeness (QED) is 0.433. The summed E-state index contributed by atoms with van der Waals surface area (Å²) in [5.41, 5.74) is 1.37. The molecular weight excluding hydrogens is 138 g/mol. The van der Waals surface area contributed by atoms with Crippen LogP contribution in [-0.2, 0) is 4.74 Å². The number of nitrogens with zero attached hydrogens (tertiary/aromatic N) is 1. The van der Waals surface area contributed by atoms with Crippen LogP contribution in [0.2, 0.25) is 0 Å². The zero-order chi connectivity index (χ0) is 8.27. The molecule has 0 radical (unpaired) electrons. The van der Waals surface area contributed by atoms with E-state index in [1.165, 1.54) is 5.57 Å². The average molecular weight is 154 g/mol. The molecule has 1 heterocycles. The van der Waals surface area contributed by atoms with Crippen molar-refractivity contribution in [1.82, 2.24) is 0 Å². The summed E-state index contributed by atoms with van der Waals surface area (Å²) in [5, 5.41) is 0. The van der Waals surface area contributed by atoms with Crippen molar-refractivity contribution in [2.24, 2.45) is 0 Å². The molecule has 2 heteroatoms. The summed E-state index contributed by atoms with van der Waals surface area (Å²) < 4.78 is 7.55. The van der Waals surface area contributed by atoms with E-state index in [1.807, 2.05) is 6.92 Å². The largest absolute Gasteiger partial charge is 0.442 e. The van der Waals surface area contributed by atoms with Crippen LogP contribution in [0.3, 0.4) is 0 Å². The van der Waals surface area contributed by atoms with E-state index in [2.05, 4.69) is 24.5 Å². The third kappa shape index (κ3) is 2.37. The zero-order valence-electron chi connectivity index (χ0n) is 7.55. The predicted octanol–water partition coefficient (Wildman–Crippen LogP) is 1.41. The molecule has 0 aliphatic carbocycles. The Bertz CT molecular complexity index is 200. The minimum atomic E-state index is 0.850. The second kappa shape index (κ2) is 3.56. The van der Waals surface area contributed by atoms with E-state index in [4.69, 9.17) is 4.74 Å². The van der Waals surface area contributed by atoms with E-state index in [-0.39, 0.29) is 0 Å². The fraction of sp³-hybridized carbons (Fsp3) is 0.667. The molecule has 1 rings (SSSR count). The van der Waals surface area contributed by atoms with Crippen molar-refractivity contribution in [3.8, 4) is 0 Å². The van der Waals surface area contributed by atoms with Crippen molar-refractivity contribution in [2.75, 3.05) is 19.7 Å². The van der Waals surface area contributed by atoms with Crippen molar-refractivity contribution >= 4 is 5.90 Å². The van der Waals surface area contributed by atoms with Gasteiger partial charge in [0.25, 0.3) is 0 Å². The lowest BCUT2D eigenvalue weighted by atomic mass is 10.3. The van der Waals surface area contributed by atoms with Gasteiger partial charge in [-0.05, 0) is 19.9 Å². The van der Waals surface area contributed by atoms with Crippen LogP contribution in [0, 0.1) is 0 Å². The van der Waals surface area contributed by atoms with Gasteiger partial charge in [-0.25, -0.2) is 0 Å². The van der Waals surface area contributed by atoms with Crippen LogP contribution in [0.25, 0.3) is 0 Å². The first kappa shape index (κ1) is 8.31. The molecule has 1 aliphatic heterocycles. The van der Waals surface area contributed by atoms with Crippen molar-refractivity contribution in [3.05, 3.63) is 11.6 Å². The van der Waals surface area contributed by atoms with Crippen LogP contribution in [0.4, 0.5) is 0 Å². The number of allylic oxidation sites excluding steroid dienone is 1. The van der Waals surface area contributed by atoms with E-state index in [1.54, 1.807) is 0 Å². The fourth-order valence-corrected chi connectivity index (χ4v) is 1.06. The highest BCUT2D eigenvalue weighted by Crippen LogP contribution is 1.96. The summed E-state index contributed by atoms with van der Waals surface area (Å²) in [5.74, 6) is 1.06. The van der Waals surface area contributed by atoms with Gasteiger partial charge in [0.05, 0.1) is 6.92 Å². The van der Waals surface area contributed by atoms with Gasteiger partial charge in [0.15, 0.2) is 19.7 Å². The van der Waals surface area contributed by atoms with Gasteiger partial charge in [-0.15, -0.1) is 0 Å². The van der Waals surface area contributed by atoms with Gasteiger partial charge in [-0.1, -0.05) is 5.57 Å². The van der Waals surface area contributed by atoms with Crippen molar-refractivity contribution in [2.45, 2.75) is 20.8 Å². The molecule has 0 saturated heterocycles. The molecule has 0 aromatic rings. The first-order valence-electron chi connectivity index (χ1n) is 4.05. The molecule has 0 saturated carbocycles. The standard InChI is InChI=1S/C9H16NO/c1-8(2)4-5-10-6-7-11-9(10)3/h4H,5-7H2,1-3H3/q+1. The summed E-state index contributed by atoms with van der Waals surface area (Å²) >= 11 is 0. The summed E-state index contributed by atoms with van der Waals surface area (Å²) in [6.07, 6.45) is 2.22. The number of hydrogen-bond donors (Lipinski definition) is 0. The molecule has 0 atom stereocenters.